The number of hydrogen-bond acceptors (Lipinski definition) is 5. The van der Waals surface area contributed by atoms with Crippen molar-refractivity contribution < 1.29 is 9.32 Å². The third kappa shape index (κ3) is 3.16. The van der Waals surface area contributed by atoms with E-state index >= 15 is 0 Å². The minimum atomic E-state index is 0.0876. The summed E-state index contributed by atoms with van der Waals surface area (Å²) in [4.78, 5) is 16.8. The SMILES string of the molecule is Cc1noc(C)c1CN1CCCC(c2cc3n(n2)CCCN(C)C3=O)C1. The molecule has 2 aliphatic heterocycles. The second kappa shape index (κ2) is 6.87. The molecule has 1 amide bonds. The van der Waals surface area contributed by atoms with E-state index in [0.29, 0.717) is 5.92 Å². The summed E-state index contributed by atoms with van der Waals surface area (Å²) in [7, 11) is 1.87. The van der Waals surface area contributed by atoms with Crippen LogP contribution in [0.1, 0.15) is 58.4 Å². The molecule has 1 unspecified atom stereocenters. The van der Waals surface area contributed by atoms with Crippen molar-refractivity contribution >= 4 is 5.91 Å². The molecule has 0 bridgehead atoms. The Balaban J connectivity index is 1.51. The second-order valence-electron chi connectivity index (χ2n) is 7.63. The summed E-state index contributed by atoms with van der Waals surface area (Å²) in [6, 6.07) is 2.02. The van der Waals surface area contributed by atoms with E-state index in [1.165, 1.54) is 5.56 Å². The molecule has 1 fully saturated rings. The Morgan fingerprint density at radius 1 is 1.23 bits per heavy atom. The van der Waals surface area contributed by atoms with Gasteiger partial charge in [0.25, 0.3) is 5.91 Å². The zero-order chi connectivity index (χ0) is 18.3. The van der Waals surface area contributed by atoms with Crippen molar-refractivity contribution in [2.24, 2.45) is 0 Å². The van der Waals surface area contributed by atoms with Gasteiger partial charge in [0.1, 0.15) is 11.5 Å². The fraction of sp³-hybridized carbons (Fsp3) is 0.632. The van der Waals surface area contributed by atoms with Gasteiger partial charge in [-0.2, -0.15) is 5.10 Å². The minimum Gasteiger partial charge on any atom is -0.361 e. The quantitative estimate of drug-likeness (QED) is 0.843. The second-order valence-corrected chi connectivity index (χ2v) is 7.63. The third-order valence-corrected chi connectivity index (χ3v) is 5.71. The largest absolute Gasteiger partial charge is 0.361 e. The van der Waals surface area contributed by atoms with Gasteiger partial charge in [-0.1, -0.05) is 5.16 Å². The number of carbonyl (C=O) groups excluding carboxylic acids is 1. The molecule has 0 spiro atoms. The van der Waals surface area contributed by atoms with Crippen LogP contribution in [-0.4, -0.2) is 57.3 Å². The van der Waals surface area contributed by atoms with Crippen molar-refractivity contribution in [1.29, 1.82) is 0 Å². The summed E-state index contributed by atoms with van der Waals surface area (Å²) < 4.78 is 7.21. The van der Waals surface area contributed by atoms with Crippen LogP contribution in [0.5, 0.6) is 0 Å². The molecule has 26 heavy (non-hydrogen) atoms. The van der Waals surface area contributed by atoms with Crippen LogP contribution in [0.2, 0.25) is 0 Å². The molecular weight excluding hydrogens is 330 g/mol. The Kier molecular flexibility index (Phi) is 4.56. The molecular formula is C19H27N5O2. The van der Waals surface area contributed by atoms with Crippen LogP contribution in [0.4, 0.5) is 0 Å². The van der Waals surface area contributed by atoms with Crippen LogP contribution < -0.4 is 0 Å². The van der Waals surface area contributed by atoms with E-state index in [-0.39, 0.29) is 5.91 Å². The smallest absolute Gasteiger partial charge is 0.271 e. The summed E-state index contributed by atoms with van der Waals surface area (Å²) in [6.07, 6.45) is 3.22. The minimum absolute atomic E-state index is 0.0876. The van der Waals surface area contributed by atoms with Gasteiger partial charge in [-0.15, -0.1) is 0 Å². The standard InChI is InChI=1S/C19H27N5O2/c1-13-16(14(2)26-21-13)12-23-8-4-6-15(11-23)17-10-18-19(25)22(3)7-5-9-24(18)20-17/h10,15H,4-9,11-12H2,1-3H3. The summed E-state index contributed by atoms with van der Waals surface area (Å²) >= 11 is 0. The molecule has 4 rings (SSSR count). The molecule has 0 aliphatic carbocycles. The Labute approximate surface area is 153 Å². The van der Waals surface area contributed by atoms with Gasteiger partial charge in [0.2, 0.25) is 0 Å². The molecule has 2 aliphatic rings. The average Bonchev–Trinajstić information content (AvgIpc) is 3.16. The van der Waals surface area contributed by atoms with Crippen molar-refractivity contribution in [3.63, 3.8) is 0 Å². The van der Waals surface area contributed by atoms with E-state index in [9.17, 15) is 4.79 Å². The number of nitrogens with zero attached hydrogens (tertiary/aromatic N) is 5. The van der Waals surface area contributed by atoms with Gasteiger partial charge >= 0.3 is 0 Å². The highest BCUT2D eigenvalue weighted by molar-refractivity contribution is 5.92. The number of likely N-dealkylation sites (tertiary alicyclic amines) is 1. The molecule has 2 aromatic rings. The number of carbonyl (C=O) groups is 1. The van der Waals surface area contributed by atoms with Crippen LogP contribution in [0.15, 0.2) is 10.6 Å². The van der Waals surface area contributed by atoms with Crippen molar-refractivity contribution in [1.82, 2.24) is 24.7 Å². The first-order valence-electron chi connectivity index (χ1n) is 9.50. The Morgan fingerprint density at radius 3 is 2.85 bits per heavy atom. The van der Waals surface area contributed by atoms with Gasteiger partial charge in [-0.05, 0) is 45.7 Å². The molecule has 1 saturated heterocycles. The van der Waals surface area contributed by atoms with E-state index in [1.807, 2.05) is 31.6 Å². The van der Waals surface area contributed by atoms with Crippen LogP contribution in [0.3, 0.4) is 0 Å². The molecule has 2 aromatic heterocycles. The average molecular weight is 357 g/mol. The van der Waals surface area contributed by atoms with Crippen molar-refractivity contribution in [3.05, 3.63) is 34.5 Å². The highest BCUT2D eigenvalue weighted by atomic mass is 16.5. The van der Waals surface area contributed by atoms with E-state index in [2.05, 4.69) is 10.1 Å². The predicted molar refractivity (Wildman–Crippen MR) is 97.0 cm³/mol. The summed E-state index contributed by atoms with van der Waals surface area (Å²) in [5, 5.41) is 8.87. The summed E-state index contributed by atoms with van der Waals surface area (Å²) in [5.74, 6) is 1.37. The molecule has 7 nitrogen and oxygen atoms in total. The van der Waals surface area contributed by atoms with E-state index in [1.54, 1.807) is 4.90 Å². The van der Waals surface area contributed by atoms with Crippen molar-refractivity contribution in [2.75, 3.05) is 26.7 Å². The van der Waals surface area contributed by atoms with Crippen molar-refractivity contribution in [2.45, 2.75) is 52.1 Å². The number of aryl methyl sites for hydroxylation is 3. The zero-order valence-electron chi connectivity index (χ0n) is 15.9. The lowest BCUT2D eigenvalue weighted by atomic mass is 9.94. The molecule has 1 atom stereocenters. The number of fused-ring (bicyclic) bond motifs is 1. The highest BCUT2D eigenvalue weighted by Gasteiger charge is 2.28. The highest BCUT2D eigenvalue weighted by Crippen LogP contribution is 2.29. The van der Waals surface area contributed by atoms with Gasteiger partial charge < -0.3 is 9.42 Å². The van der Waals surface area contributed by atoms with Gasteiger partial charge in [0, 0.05) is 44.7 Å². The van der Waals surface area contributed by atoms with Crippen LogP contribution in [0, 0.1) is 13.8 Å². The van der Waals surface area contributed by atoms with Gasteiger partial charge in [0.05, 0.1) is 11.4 Å². The number of aromatic nitrogens is 3. The lowest BCUT2D eigenvalue weighted by Crippen LogP contribution is -2.34. The fourth-order valence-electron chi connectivity index (χ4n) is 4.13. The van der Waals surface area contributed by atoms with E-state index in [0.717, 1.165) is 74.8 Å². The van der Waals surface area contributed by atoms with Gasteiger partial charge in [-0.25, -0.2) is 0 Å². The molecule has 0 radical (unpaired) electrons. The van der Waals surface area contributed by atoms with Gasteiger partial charge in [-0.3, -0.25) is 14.4 Å². The molecule has 0 aromatic carbocycles. The van der Waals surface area contributed by atoms with E-state index < -0.39 is 0 Å². The Hall–Kier alpha value is -2.15. The van der Waals surface area contributed by atoms with Crippen LogP contribution in [-0.2, 0) is 13.1 Å². The first-order valence-corrected chi connectivity index (χ1v) is 9.50. The summed E-state index contributed by atoms with van der Waals surface area (Å²) in [5.41, 5.74) is 3.98. The predicted octanol–water partition coefficient (Wildman–Crippen LogP) is 2.34. The van der Waals surface area contributed by atoms with E-state index in [4.69, 9.17) is 9.62 Å². The van der Waals surface area contributed by atoms with Gasteiger partial charge in [0.15, 0.2) is 0 Å². The maximum absolute atomic E-state index is 12.5. The lowest BCUT2D eigenvalue weighted by molar-refractivity contribution is 0.0796. The topological polar surface area (TPSA) is 67.4 Å². The number of rotatable bonds is 3. The molecule has 140 valence electrons. The number of piperidine rings is 1. The fourth-order valence-corrected chi connectivity index (χ4v) is 4.13. The maximum atomic E-state index is 12.5. The van der Waals surface area contributed by atoms with Crippen LogP contribution >= 0.6 is 0 Å². The van der Waals surface area contributed by atoms with Crippen LogP contribution in [0.25, 0.3) is 0 Å². The molecule has 0 N–H and O–H groups in total. The first-order chi connectivity index (χ1) is 12.5. The number of amides is 1. The number of hydrogen-bond donors (Lipinski definition) is 0. The normalized spacial score (nSPS) is 21.7. The zero-order valence-corrected chi connectivity index (χ0v) is 15.9. The third-order valence-electron chi connectivity index (χ3n) is 5.71. The molecule has 0 saturated carbocycles. The first kappa shape index (κ1) is 17.3. The summed E-state index contributed by atoms with van der Waals surface area (Å²) in [6.45, 7) is 8.51. The van der Waals surface area contributed by atoms with Crippen molar-refractivity contribution in [3.8, 4) is 0 Å². The Bertz CT molecular complexity index is 789. The lowest BCUT2D eigenvalue weighted by Gasteiger charge is -2.31. The monoisotopic (exact) mass is 357 g/mol. The maximum Gasteiger partial charge on any atom is 0.271 e. The molecule has 7 heteroatoms. The Morgan fingerprint density at radius 2 is 2.08 bits per heavy atom. The molecule has 4 heterocycles.